The molecule has 2 fully saturated rings. The van der Waals surface area contributed by atoms with Crippen LogP contribution in [0.3, 0.4) is 0 Å². The Morgan fingerprint density at radius 3 is 2.86 bits per heavy atom. The molecule has 0 unspecified atom stereocenters. The van der Waals surface area contributed by atoms with Crippen LogP contribution in [0.4, 0.5) is 0 Å². The SMILES string of the molecule is C=C1C(=O)O[C@@H]2C(C)=CC[C@H]3[C@H](C)CC[C@@H]1[C@@]23OC(C)=O. The molecule has 5 atom stereocenters. The number of allylic oxidation sites excluding steroid dienone is 1. The van der Waals surface area contributed by atoms with Gasteiger partial charge in [-0.25, -0.2) is 4.79 Å². The molecule has 0 amide bonds. The summed E-state index contributed by atoms with van der Waals surface area (Å²) in [6.45, 7) is 9.49. The van der Waals surface area contributed by atoms with Gasteiger partial charge in [-0.1, -0.05) is 19.6 Å². The second kappa shape index (κ2) is 4.72. The predicted octanol–water partition coefficient (Wildman–Crippen LogP) is 2.78. The van der Waals surface area contributed by atoms with Crippen LogP contribution in [-0.4, -0.2) is 23.6 Å². The van der Waals surface area contributed by atoms with Crippen molar-refractivity contribution in [3.8, 4) is 0 Å². The van der Waals surface area contributed by atoms with Crippen molar-refractivity contribution in [2.75, 3.05) is 0 Å². The zero-order chi connectivity index (χ0) is 15.4. The van der Waals surface area contributed by atoms with Crippen LogP contribution in [0.15, 0.2) is 23.8 Å². The first-order valence-corrected chi connectivity index (χ1v) is 7.64. The van der Waals surface area contributed by atoms with Gasteiger partial charge in [0.05, 0.1) is 0 Å². The van der Waals surface area contributed by atoms with Crippen LogP contribution in [0.5, 0.6) is 0 Å². The molecule has 0 spiro atoms. The number of carbonyl (C=O) groups excluding carboxylic acids is 2. The molecular weight excluding hydrogens is 268 g/mol. The highest BCUT2D eigenvalue weighted by molar-refractivity contribution is 5.90. The van der Waals surface area contributed by atoms with Crippen molar-refractivity contribution in [3.05, 3.63) is 23.8 Å². The second-order valence-corrected chi connectivity index (χ2v) is 6.66. The average molecular weight is 290 g/mol. The summed E-state index contributed by atoms with van der Waals surface area (Å²) in [6, 6.07) is 0. The van der Waals surface area contributed by atoms with Gasteiger partial charge in [-0.2, -0.15) is 0 Å². The third-order valence-electron chi connectivity index (χ3n) is 5.47. The van der Waals surface area contributed by atoms with Crippen LogP contribution in [0.25, 0.3) is 0 Å². The maximum absolute atomic E-state index is 12.1. The Kier molecular flexibility index (Phi) is 3.23. The molecule has 3 rings (SSSR count). The molecule has 0 aromatic heterocycles. The first kappa shape index (κ1) is 14.4. The predicted molar refractivity (Wildman–Crippen MR) is 77.3 cm³/mol. The summed E-state index contributed by atoms with van der Waals surface area (Å²) < 4.78 is 11.5. The molecule has 0 N–H and O–H groups in total. The Balaban J connectivity index is 2.17. The van der Waals surface area contributed by atoms with Crippen molar-refractivity contribution in [2.24, 2.45) is 17.8 Å². The van der Waals surface area contributed by atoms with Crippen molar-refractivity contribution in [1.82, 2.24) is 0 Å². The average Bonchev–Trinajstić information content (AvgIpc) is 2.40. The van der Waals surface area contributed by atoms with E-state index in [2.05, 4.69) is 19.6 Å². The van der Waals surface area contributed by atoms with Crippen molar-refractivity contribution in [3.63, 3.8) is 0 Å². The molecule has 21 heavy (non-hydrogen) atoms. The highest BCUT2D eigenvalue weighted by Crippen LogP contribution is 2.56. The fourth-order valence-corrected chi connectivity index (χ4v) is 4.53. The van der Waals surface area contributed by atoms with E-state index >= 15 is 0 Å². The van der Waals surface area contributed by atoms with Crippen LogP contribution in [0, 0.1) is 17.8 Å². The first-order valence-electron chi connectivity index (χ1n) is 7.64. The van der Waals surface area contributed by atoms with Crippen molar-refractivity contribution in [2.45, 2.75) is 51.7 Å². The van der Waals surface area contributed by atoms with Gasteiger partial charge in [-0.05, 0) is 37.7 Å². The van der Waals surface area contributed by atoms with Crippen molar-refractivity contribution < 1.29 is 19.1 Å². The number of rotatable bonds is 1. The van der Waals surface area contributed by atoms with Crippen LogP contribution in [0.2, 0.25) is 0 Å². The van der Waals surface area contributed by atoms with Gasteiger partial charge in [0.1, 0.15) is 0 Å². The molecular formula is C17H22O4. The van der Waals surface area contributed by atoms with Gasteiger partial charge in [0.2, 0.25) is 0 Å². The molecule has 0 bridgehead atoms. The Labute approximate surface area is 125 Å². The standard InChI is InChI=1S/C17H22O4/c1-9-5-8-14-11(3)16(19)20-15-10(2)6-7-13(9)17(14,15)21-12(4)18/h6,9,13-15H,3,5,7-8H2,1-2,4H3/t9-,13+,14+,15-,17-/m1/s1. The fourth-order valence-electron chi connectivity index (χ4n) is 4.53. The molecule has 0 aromatic carbocycles. The summed E-state index contributed by atoms with van der Waals surface area (Å²) in [5.74, 6) is -0.187. The van der Waals surface area contributed by atoms with Crippen molar-refractivity contribution in [1.29, 1.82) is 0 Å². The second-order valence-electron chi connectivity index (χ2n) is 6.66. The zero-order valence-corrected chi connectivity index (χ0v) is 12.8. The highest BCUT2D eigenvalue weighted by atomic mass is 16.6. The minimum absolute atomic E-state index is 0.127. The molecule has 3 aliphatic rings. The molecule has 0 radical (unpaired) electrons. The zero-order valence-electron chi connectivity index (χ0n) is 12.8. The van der Waals surface area contributed by atoms with E-state index in [0.29, 0.717) is 11.5 Å². The lowest BCUT2D eigenvalue weighted by molar-refractivity contribution is -0.225. The van der Waals surface area contributed by atoms with Gasteiger partial charge in [-0.3, -0.25) is 4.79 Å². The largest absolute Gasteiger partial charge is 0.454 e. The van der Waals surface area contributed by atoms with Crippen LogP contribution >= 0.6 is 0 Å². The van der Waals surface area contributed by atoms with Gasteiger partial charge < -0.3 is 9.47 Å². The summed E-state index contributed by atoms with van der Waals surface area (Å²) in [5.41, 5.74) is 0.680. The maximum Gasteiger partial charge on any atom is 0.334 e. The smallest absolute Gasteiger partial charge is 0.334 e. The molecule has 0 aromatic rings. The van der Waals surface area contributed by atoms with E-state index in [4.69, 9.17) is 9.47 Å². The number of esters is 2. The topological polar surface area (TPSA) is 52.6 Å². The summed E-state index contributed by atoms with van der Waals surface area (Å²) in [4.78, 5) is 23.9. The molecule has 1 saturated heterocycles. The lowest BCUT2D eigenvalue weighted by Gasteiger charge is -2.58. The minimum Gasteiger partial charge on any atom is -0.454 e. The number of ether oxygens (including phenoxy) is 2. The Morgan fingerprint density at radius 2 is 2.19 bits per heavy atom. The van der Waals surface area contributed by atoms with E-state index in [9.17, 15) is 9.59 Å². The van der Waals surface area contributed by atoms with Crippen molar-refractivity contribution >= 4 is 11.9 Å². The Bertz CT molecular complexity index is 547. The summed E-state index contributed by atoms with van der Waals surface area (Å²) in [7, 11) is 0. The lowest BCUT2D eigenvalue weighted by Crippen LogP contribution is -2.66. The van der Waals surface area contributed by atoms with Crippen LogP contribution < -0.4 is 0 Å². The van der Waals surface area contributed by atoms with Gasteiger partial charge in [0.25, 0.3) is 0 Å². The van der Waals surface area contributed by atoms with Gasteiger partial charge >= 0.3 is 11.9 Å². The fraction of sp³-hybridized carbons (Fsp3) is 0.647. The normalized spacial score (nSPS) is 41.8. The van der Waals surface area contributed by atoms with Gasteiger partial charge in [0.15, 0.2) is 11.7 Å². The molecule has 4 heteroatoms. The van der Waals surface area contributed by atoms with E-state index < -0.39 is 11.7 Å². The third-order valence-corrected chi connectivity index (χ3v) is 5.47. The maximum atomic E-state index is 12.1. The van der Waals surface area contributed by atoms with Gasteiger partial charge in [-0.15, -0.1) is 0 Å². The monoisotopic (exact) mass is 290 g/mol. The van der Waals surface area contributed by atoms with E-state index in [1.54, 1.807) is 0 Å². The molecule has 1 aliphatic heterocycles. The van der Waals surface area contributed by atoms with E-state index in [0.717, 1.165) is 24.8 Å². The number of hydrogen-bond acceptors (Lipinski definition) is 4. The molecule has 4 nitrogen and oxygen atoms in total. The third kappa shape index (κ3) is 1.88. The Morgan fingerprint density at radius 1 is 1.48 bits per heavy atom. The molecule has 1 saturated carbocycles. The Hall–Kier alpha value is -1.58. The van der Waals surface area contributed by atoms with E-state index in [1.165, 1.54) is 6.92 Å². The van der Waals surface area contributed by atoms with Crippen LogP contribution in [0.1, 0.15) is 40.0 Å². The van der Waals surface area contributed by atoms with E-state index in [-0.39, 0.29) is 23.8 Å². The minimum atomic E-state index is -0.757. The van der Waals surface area contributed by atoms with Gasteiger partial charge in [0, 0.05) is 24.3 Å². The summed E-state index contributed by atoms with van der Waals surface area (Å²) >= 11 is 0. The summed E-state index contributed by atoms with van der Waals surface area (Å²) in [6.07, 6.45) is 4.36. The van der Waals surface area contributed by atoms with Crippen LogP contribution in [-0.2, 0) is 19.1 Å². The lowest BCUT2D eigenvalue weighted by atomic mass is 9.55. The summed E-state index contributed by atoms with van der Waals surface area (Å²) in [5, 5.41) is 0. The first-order chi connectivity index (χ1) is 9.87. The molecule has 114 valence electrons. The highest BCUT2D eigenvalue weighted by Gasteiger charge is 2.64. The molecule has 1 heterocycles. The quantitative estimate of drug-likeness (QED) is 0.423. The van der Waals surface area contributed by atoms with E-state index in [1.807, 2.05) is 6.92 Å². The number of carbonyl (C=O) groups is 2. The molecule has 2 aliphatic carbocycles. The number of hydrogen-bond donors (Lipinski definition) is 0.